The highest BCUT2D eigenvalue weighted by molar-refractivity contribution is 14.1. The van der Waals surface area contributed by atoms with Crippen LogP contribution in [0.4, 0.5) is 5.69 Å². The maximum atomic E-state index is 12.1. The smallest absolute Gasteiger partial charge is 0.338 e. The number of anilines is 1. The van der Waals surface area contributed by atoms with E-state index in [9.17, 15) is 9.59 Å². The third-order valence-corrected chi connectivity index (χ3v) is 3.74. The molecule has 2 aromatic rings. The second kappa shape index (κ2) is 7.96. The van der Waals surface area contributed by atoms with Crippen LogP contribution in [0.3, 0.4) is 0 Å². The van der Waals surface area contributed by atoms with E-state index < -0.39 is 18.0 Å². The Hall–Kier alpha value is -2.09. The van der Waals surface area contributed by atoms with Gasteiger partial charge < -0.3 is 14.8 Å². The Morgan fingerprint density at radius 2 is 1.83 bits per heavy atom. The fraction of sp³-hybridized carbons (Fsp3) is 0.176. The summed E-state index contributed by atoms with van der Waals surface area (Å²) in [7, 11) is 1.57. The van der Waals surface area contributed by atoms with Gasteiger partial charge in [-0.3, -0.25) is 4.79 Å². The highest BCUT2D eigenvalue weighted by atomic mass is 127. The van der Waals surface area contributed by atoms with E-state index >= 15 is 0 Å². The molecule has 23 heavy (non-hydrogen) atoms. The van der Waals surface area contributed by atoms with Crippen molar-refractivity contribution in [3.63, 3.8) is 0 Å². The maximum absolute atomic E-state index is 12.1. The normalized spacial score (nSPS) is 11.4. The number of benzene rings is 2. The number of carbonyl (C=O) groups is 2. The van der Waals surface area contributed by atoms with E-state index in [2.05, 4.69) is 27.9 Å². The van der Waals surface area contributed by atoms with Gasteiger partial charge in [-0.1, -0.05) is 6.07 Å². The van der Waals surface area contributed by atoms with E-state index in [0.717, 1.165) is 3.57 Å². The van der Waals surface area contributed by atoms with Gasteiger partial charge in [-0.2, -0.15) is 0 Å². The van der Waals surface area contributed by atoms with Gasteiger partial charge in [0.25, 0.3) is 5.91 Å². The Kier molecular flexibility index (Phi) is 5.97. The average Bonchev–Trinajstić information content (AvgIpc) is 2.55. The lowest BCUT2D eigenvalue weighted by atomic mass is 10.2. The summed E-state index contributed by atoms with van der Waals surface area (Å²) in [5, 5.41) is 2.69. The molecule has 0 bridgehead atoms. The Labute approximate surface area is 148 Å². The number of esters is 1. The van der Waals surface area contributed by atoms with Crippen molar-refractivity contribution in [2.45, 2.75) is 13.0 Å². The van der Waals surface area contributed by atoms with Crippen LogP contribution in [-0.4, -0.2) is 25.1 Å². The van der Waals surface area contributed by atoms with Crippen molar-refractivity contribution in [2.75, 3.05) is 12.4 Å². The average molecular weight is 425 g/mol. The summed E-state index contributed by atoms with van der Waals surface area (Å²) in [6.45, 7) is 1.53. The fourth-order valence-electron chi connectivity index (χ4n) is 1.82. The Balaban J connectivity index is 1.95. The first-order chi connectivity index (χ1) is 11.0. The van der Waals surface area contributed by atoms with Crippen molar-refractivity contribution in [1.82, 2.24) is 0 Å². The standard InChI is InChI=1S/C17H16INO4/c1-11(23-17(21)12-4-3-5-13(18)10-12)16(20)19-14-6-8-15(22-2)9-7-14/h3-11H,1-2H3,(H,19,20). The maximum Gasteiger partial charge on any atom is 0.338 e. The number of amides is 1. The van der Waals surface area contributed by atoms with Gasteiger partial charge in [0.1, 0.15) is 5.75 Å². The van der Waals surface area contributed by atoms with Gasteiger partial charge in [0.05, 0.1) is 12.7 Å². The summed E-state index contributed by atoms with van der Waals surface area (Å²) >= 11 is 2.11. The van der Waals surface area contributed by atoms with Crippen LogP contribution in [0.1, 0.15) is 17.3 Å². The molecule has 1 N–H and O–H groups in total. The Morgan fingerprint density at radius 3 is 2.43 bits per heavy atom. The van der Waals surface area contributed by atoms with Crippen molar-refractivity contribution in [3.05, 3.63) is 57.7 Å². The fourth-order valence-corrected chi connectivity index (χ4v) is 2.36. The molecule has 0 spiro atoms. The van der Waals surface area contributed by atoms with Gasteiger partial charge in [-0.15, -0.1) is 0 Å². The van der Waals surface area contributed by atoms with Crippen LogP contribution < -0.4 is 10.1 Å². The van der Waals surface area contributed by atoms with Crippen molar-refractivity contribution < 1.29 is 19.1 Å². The molecule has 0 aromatic heterocycles. The number of rotatable bonds is 5. The van der Waals surface area contributed by atoms with E-state index in [1.807, 2.05) is 6.07 Å². The van der Waals surface area contributed by atoms with Gasteiger partial charge in [0.15, 0.2) is 6.10 Å². The molecule has 120 valence electrons. The van der Waals surface area contributed by atoms with Crippen molar-refractivity contribution in [1.29, 1.82) is 0 Å². The van der Waals surface area contributed by atoms with Crippen LogP contribution in [0.15, 0.2) is 48.5 Å². The molecule has 2 aromatic carbocycles. The monoisotopic (exact) mass is 425 g/mol. The van der Waals surface area contributed by atoms with Crippen molar-refractivity contribution in [2.24, 2.45) is 0 Å². The van der Waals surface area contributed by atoms with Crippen LogP contribution in [0.2, 0.25) is 0 Å². The molecule has 6 heteroatoms. The molecule has 1 unspecified atom stereocenters. The first-order valence-corrected chi connectivity index (χ1v) is 7.99. The third kappa shape index (κ3) is 4.95. The summed E-state index contributed by atoms with van der Waals surface area (Å²) < 4.78 is 11.2. The molecule has 0 fully saturated rings. The quantitative estimate of drug-likeness (QED) is 0.589. The predicted molar refractivity (Wildman–Crippen MR) is 95.7 cm³/mol. The van der Waals surface area contributed by atoms with Crippen LogP contribution in [0, 0.1) is 3.57 Å². The van der Waals surface area contributed by atoms with Crippen LogP contribution in [-0.2, 0) is 9.53 Å². The molecule has 1 atom stereocenters. The third-order valence-electron chi connectivity index (χ3n) is 3.07. The minimum atomic E-state index is -0.900. The number of nitrogens with one attached hydrogen (secondary N) is 1. The molecule has 0 aliphatic heterocycles. The van der Waals surface area contributed by atoms with Gasteiger partial charge in [-0.05, 0) is 72.0 Å². The van der Waals surface area contributed by atoms with Gasteiger partial charge in [-0.25, -0.2) is 4.79 Å². The summed E-state index contributed by atoms with van der Waals surface area (Å²) in [6.07, 6.45) is -0.900. The number of hydrogen-bond acceptors (Lipinski definition) is 4. The molecule has 0 saturated heterocycles. The second-order valence-corrected chi connectivity index (χ2v) is 6.02. The number of carbonyl (C=O) groups excluding carboxylic acids is 2. The summed E-state index contributed by atoms with van der Waals surface area (Å²) in [6, 6.07) is 13.9. The number of methoxy groups -OCH3 is 1. The molecule has 5 nitrogen and oxygen atoms in total. The lowest BCUT2D eigenvalue weighted by molar-refractivity contribution is -0.123. The van der Waals surface area contributed by atoms with E-state index in [4.69, 9.17) is 9.47 Å². The molecular weight excluding hydrogens is 409 g/mol. The van der Waals surface area contributed by atoms with E-state index in [0.29, 0.717) is 17.0 Å². The van der Waals surface area contributed by atoms with E-state index in [-0.39, 0.29) is 0 Å². The minimum Gasteiger partial charge on any atom is -0.497 e. The number of hydrogen-bond donors (Lipinski definition) is 1. The van der Waals surface area contributed by atoms with Crippen LogP contribution in [0.25, 0.3) is 0 Å². The van der Waals surface area contributed by atoms with Crippen LogP contribution >= 0.6 is 22.6 Å². The SMILES string of the molecule is COc1ccc(NC(=O)C(C)OC(=O)c2cccc(I)c2)cc1. The second-order valence-electron chi connectivity index (χ2n) is 4.78. The van der Waals surface area contributed by atoms with Gasteiger partial charge in [0, 0.05) is 9.26 Å². The van der Waals surface area contributed by atoms with Gasteiger partial charge >= 0.3 is 5.97 Å². The minimum absolute atomic E-state index is 0.394. The lowest BCUT2D eigenvalue weighted by Crippen LogP contribution is -2.30. The molecule has 0 saturated carbocycles. The van der Waals surface area contributed by atoms with Crippen molar-refractivity contribution >= 4 is 40.2 Å². The van der Waals surface area contributed by atoms with E-state index in [1.165, 1.54) is 6.92 Å². The largest absolute Gasteiger partial charge is 0.497 e. The van der Waals surface area contributed by atoms with Crippen molar-refractivity contribution in [3.8, 4) is 5.75 Å². The molecule has 0 aliphatic carbocycles. The lowest BCUT2D eigenvalue weighted by Gasteiger charge is -2.14. The molecule has 0 aliphatic rings. The van der Waals surface area contributed by atoms with E-state index in [1.54, 1.807) is 49.6 Å². The zero-order chi connectivity index (χ0) is 16.8. The first-order valence-electron chi connectivity index (χ1n) is 6.91. The summed E-state index contributed by atoms with van der Waals surface area (Å²) in [4.78, 5) is 24.1. The molecular formula is C17H16INO4. The summed E-state index contributed by atoms with van der Waals surface area (Å²) in [5.74, 6) is -0.226. The number of halogens is 1. The predicted octanol–water partition coefficient (Wildman–Crippen LogP) is 3.48. The number of ether oxygens (including phenoxy) is 2. The van der Waals surface area contributed by atoms with Gasteiger partial charge in [0.2, 0.25) is 0 Å². The molecule has 0 radical (unpaired) electrons. The topological polar surface area (TPSA) is 64.6 Å². The highest BCUT2D eigenvalue weighted by Gasteiger charge is 2.19. The molecule has 1 amide bonds. The first kappa shape index (κ1) is 17.3. The Bertz CT molecular complexity index is 700. The molecule has 0 heterocycles. The summed E-state index contributed by atoms with van der Waals surface area (Å²) in [5.41, 5.74) is 1.02. The highest BCUT2D eigenvalue weighted by Crippen LogP contribution is 2.16. The Morgan fingerprint density at radius 1 is 1.13 bits per heavy atom. The van der Waals surface area contributed by atoms with Crippen LogP contribution in [0.5, 0.6) is 5.75 Å². The molecule has 2 rings (SSSR count). The zero-order valence-electron chi connectivity index (χ0n) is 12.7. The zero-order valence-corrected chi connectivity index (χ0v) is 14.9.